The van der Waals surface area contributed by atoms with Gasteiger partial charge in [0.1, 0.15) is 6.04 Å². The molecule has 0 aliphatic heterocycles. The number of fused-ring (bicyclic) bond motifs is 1. The maximum absolute atomic E-state index is 12.5. The highest BCUT2D eigenvalue weighted by Crippen LogP contribution is 2.08. The van der Waals surface area contributed by atoms with E-state index in [2.05, 4.69) is 15.3 Å². The van der Waals surface area contributed by atoms with Crippen LogP contribution in [0.3, 0.4) is 0 Å². The van der Waals surface area contributed by atoms with Crippen LogP contribution in [0.2, 0.25) is 0 Å². The highest BCUT2D eigenvalue weighted by atomic mass is 16.2. The fourth-order valence-electron chi connectivity index (χ4n) is 2.70. The minimum Gasteiger partial charge on any atom is -0.353 e. The van der Waals surface area contributed by atoms with Crippen LogP contribution in [0.15, 0.2) is 41.7 Å². The van der Waals surface area contributed by atoms with Crippen molar-refractivity contribution in [2.24, 2.45) is 0 Å². The van der Waals surface area contributed by atoms with Gasteiger partial charge in [0.2, 0.25) is 5.91 Å². The normalized spacial score (nSPS) is 12.3. The third-order valence-electron chi connectivity index (χ3n) is 4.48. The number of nitrogens with zero attached hydrogens (tertiary/aromatic N) is 4. The van der Waals surface area contributed by atoms with Gasteiger partial charge in [0.05, 0.1) is 29.3 Å². The number of aromatic nitrogens is 4. The van der Waals surface area contributed by atoms with Crippen LogP contribution < -0.4 is 10.9 Å². The monoisotopic (exact) mass is 339 g/mol. The number of hydrogen-bond acceptors (Lipinski definition) is 4. The molecule has 1 amide bonds. The van der Waals surface area contributed by atoms with Gasteiger partial charge in [0.15, 0.2) is 0 Å². The summed E-state index contributed by atoms with van der Waals surface area (Å²) in [5.41, 5.74) is 2.47. The lowest BCUT2D eigenvalue weighted by Gasteiger charge is -2.15. The van der Waals surface area contributed by atoms with Crippen molar-refractivity contribution in [2.45, 2.75) is 33.4 Å². The van der Waals surface area contributed by atoms with Gasteiger partial charge >= 0.3 is 0 Å². The second-order valence-corrected chi connectivity index (χ2v) is 6.05. The molecule has 1 unspecified atom stereocenters. The third-order valence-corrected chi connectivity index (χ3v) is 4.48. The summed E-state index contributed by atoms with van der Waals surface area (Å²) in [5, 5.41) is 3.37. The van der Waals surface area contributed by atoms with Gasteiger partial charge < -0.3 is 9.88 Å². The molecule has 130 valence electrons. The predicted molar refractivity (Wildman–Crippen MR) is 95.4 cm³/mol. The first-order valence-corrected chi connectivity index (χ1v) is 8.21. The summed E-state index contributed by atoms with van der Waals surface area (Å²) in [4.78, 5) is 33.4. The zero-order valence-corrected chi connectivity index (χ0v) is 14.6. The Bertz CT molecular complexity index is 973. The molecule has 3 aromatic rings. The van der Waals surface area contributed by atoms with Crippen LogP contribution in [0, 0.1) is 13.8 Å². The van der Waals surface area contributed by atoms with Crippen molar-refractivity contribution >= 4 is 16.8 Å². The summed E-state index contributed by atoms with van der Waals surface area (Å²) in [6.07, 6.45) is 3.19. The Morgan fingerprint density at radius 1 is 1.20 bits per heavy atom. The van der Waals surface area contributed by atoms with E-state index in [1.807, 2.05) is 24.5 Å². The van der Waals surface area contributed by atoms with E-state index in [-0.39, 0.29) is 11.5 Å². The van der Waals surface area contributed by atoms with Crippen molar-refractivity contribution in [2.75, 3.05) is 6.54 Å². The number of hydrogen-bond donors (Lipinski definition) is 1. The number of benzene rings is 1. The first-order valence-electron chi connectivity index (χ1n) is 8.21. The minimum atomic E-state index is -0.629. The Morgan fingerprint density at radius 2 is 1.96 bits per heavy atom. The Kier molecular flexibility index (Phi) is 4.65. The van der Waals surface area contributed by atoms with Gasteiger partial charge in [0, 0.05) is 18.8 Å². The van der Waals surface area contributed by atoms with Gasteiger partial charge in [0.25, 0.3) is 5.56 Å². The number of amides is 1. The lowest BCUT2D eigenvalue weighted by atomic mass is 10.2. The second-order valence-electron chi connectivity index (χ2n) is 6.05. The highest BCUT2D eigenvalue weighted by Gasteiger charge is 2.17. The first kappa shape index (κ1) is 16.9. The smallest absolute Gasteiger partial charge is 0.261 e. The van der Waals surface area contributed by atoms with Gasteiger partial charge in [-0.15, -0.1) is 0 Å². The molecule has 0 saturated heterocycles. The number of carbonyl (C=O) groups excluding carboxylic acids is 1. The number of carbonyl (C=O) groups is 1. The molecule has 7 heteroatoms. The summed E-state index contributed by atoms with van der Waals surface area (Å²) in [5.74, 6) is -0.214. The largest absolute Gasteiger partial charge is 0.353 e. The molecule has 0 aliphatic rings. The maximum Gasteiger partial charge on any atom is 0.261 e. The van der Waals surface area contributed by atoms with E-state index < -0.39 is 6.04 Å². The molecule has 0 spiro atoms. The predicted octanol–water partition coefficient (Wildman–Crippen LogP) is 1.59. The average molecular weight is 339 g/mol. The van der Waals surface area contributed by atoms with Crippen molar-refractivity contribution < 1.29 is 4.79 Å². The number of nitrogens with one attached hydrogen (secondary N) is 1. The number of para-hydroxylation sites is 1. The molecule has 0 radical (unpaired) electrons. The van der Waals surface area contributed by atoms with Gasteiger partial charge in [-0.05, 0) is 32.9 Å². The molecule has 1 N–H and O–H groups in total. The van der Waals surface area contributed by atoms with Crippen molar-refractivity contribution in [1.29, 1.82) is 0 Å². The summed E-state index contributed by atoms with van der Waals surface area (Å²) in [6.45, 7) is 6.74. The van der Waals surface area contributed by atoms with E-state index in [4.69, 9.17) is 0 Å². The van der Waals surface area contributed by atoms with Crippen LogP contribution >= 0.6 is 0 Å². The van der Waals surface area contributed by atoms with E-state index in [9.17, 15) is 9.59 Å². The molecule has 2 heterocycles. The molecule has 2 aromatic heterocycles. The molecular formula is C18H21N5O2. The fraction of sp³-hybridized carbons (Fsp3) is 0.333. The van der Waals surface area contributed by atoms with Gasteiger partial charge in [-0.3, -0.25) is 14.2 Å². The van der Waals surface area contributed by atoms with Crippen LogP contribution in [-0.4, -0.2) is 31.6 Å². The molecule has 0 aliphatic carbocycles. The van der Waals surface area contributed by atoms with Crippen LogP contribution in [0.4, 0.5) is 0 Å². The molecule has 7 nitrogen and oxygen atoms in total. The molecule has 0 fully saturated rings. The molecule has 3 rings (SSSR count). The number of imidazole rings is 1. The first-order chi connectivity index (χ1) is 12.0. The summed E-state index contributed by atoms with van der Waals surface area (Å²) >= 11 is 0. The summed E-state index contributed by atoms with van der Waals surface area (Å²) in [6, 6.07) is 6.48. The second kappa shape index (κ2) is 6.88. The van der Waals surface area contributed by atoms with E-state index in [1.165, 1.54) is 10.9 Å². The Labute approximate surface area is 145 Å². The van der Waals surface area contributed by atoms with Crippen LogP contribution in [0.1, 0.15) is 24.4 Å². The molecule has 1 aromatic carbocycles. The Balaban J connectivity index is 1.69. The van der Waals surface area contributed by atoms with E-state index >= 15 is 0 Å². The van der Waals surface area contributed by atoms with Gasteiger partial charge in [-0.25, -0.2) is 9.97 Å². The zero-order valence-electron chi connectivity index (χ0n) is 14.6. The molecule has 25 heavy (non-hydrogen) atoms. The number of aryl methyl sites for hydroxylation is 1. The lowest BCUT2D eigenvalue weighted by Crippen LogP contribution is -2.37. The van der Waals surface area contributed by atoms with Crippen LogP contribution in [0.25, 0.3) is 10.9 Å². The van der Waals surface area contributed by atoms with Crippen molar-refractivity contribution in [3.63, 3.8) is 0 Å². The fourth-order valence-corrected chi connectivity index (χ4v) is 2.70. The lowest BCUT2D eigenvalue weighted by molar-refractivity contribution is -0.123. The maximum atomic E-state index is 12.5. The van der Waals surface area contributed by atoms with Gasteiger partial charge in [-0.1, -0.05) is 12.1 Å². The van der Waals surface area contributed by atoms with Crippen LogP contribution in [-0.2, 0) is 11.3 Å². The van der Waals surface area contributed by atoms with Gasteiger partial charge in [-0.2, -0.15) is 0 Å². The van der Waals surface area contributed by atoms with E-state index in [1.54, 1.807) is 31.5 Å². The van der Waals surface area contributed by atoms with Crippen molar-refractivity contribution in [1.82, 2.24) is 24.4 Å². The summed E-state index contributed by atoms with van der Waals surface area (Å²) in [7, 11) is 0. The molecule has 0 saturated carbocycles. The number of rotatable bonds is 5. The SMILES string of the molecule is Cc1ncn(CCNC(=O)C(C)n2cnc3ccccc3c2=O)c1C. The molecule has 1 atom stereocenters. The van der Waals surface area contributed by atoms with Crippen LogP contribution in [0.5, 0.6) is 0 Å². The van der Waals surface area contributed by atoms with Crippen molar-refractivity contribution in [3.05, 3.63) is 58.7 Å². The van der Waals surface area contributed by atoms with Crippen molar-refractivity contribution in [3.8, 4) is 0 Å². The topological polar surface area (TPSA) is 81.8 Å². The summed E-state index contributed by atoms with van der Waals surface area (Å²) < 4.78 is 3.36. The van der Waals surface area contributed by atoms with E-state index in [0.717, 1.165) is 11.4 Å². The highest BCUT2D eigenvalue weighted by molar-refractivity contribution is 5.81. The molecule has 0 bridgehead atoms. The average Bonchev–Trinajstić information content (AvgIpc) is 2.94. The zero-order chi connectivity index (χ0) is 18.0. The van der Waals surface area contributed by atoms with E-state index in [0.29, 0.717) is 24.0 Å². The standard InChI is InChI=1S/C18H21N5O2/c1-12-13(2)22(10-20-12)9-8-19-17(24)14(3)23-11-21-16-7-5-4-6-15(16)18(23)25/h4-7,10-11,14H,8-9H2,1-3H3,(H,19,24). The minimum absolute atomic E-state index is 0.214. The third kappa shape index (κ3) is 3.31. The Hall–Kier alpha value is -2.96. The molecular weight excluding hydrogens is 318 g/mol. The quantitative estimate of drug-likeness (QED) is 0.765. The Morgan fingerprint density at radius 3 is 2.68 bits per heavy atom.